The number of rotatable bonds is 5. The number of carbonyl (C=O) groups excluding carboxylic acids is 1. The van der Waals surface area contributed by atoms with E-state index in [-0.39, 0.29) is 5.41 Å². The van der Waals surface area contributed by atoms with Crippen molar-refractivity contribution in [2.75, 3.05) is 12.4 Å². The molecule has 0 spiro atoms. The molecule has 0 saturated heterocycles. The van der Waals surface area contributed by atoms with Gasteiger partial charge in [-0.2, -0.15) is 0 Å². The molecule has 0 bridgehead atoms. The van der Waals surface area contributed by atoms with Gasteiger partial charge in [0.15, 0.2) is 5.54 Å². The van der Waals surface area contributed by atoms with Gasteiger partial charge in [0, 0.05) is 18.9 Å². The maximum Gasteiger partial charge on any atom is 0.270 e. The number of nitrogens with zero attached hydrogens (tertiary/aromatic N) is 1. The summed E-state index contributed by atoms with van der Waals surface area (Å²) in [6, 6.07) is 3.95. The number of alkyl halides is 2. The summed E-state index contributed by atoms with van der Waals surface area (Å²) < 4.78 is 40.7. The summed E-state index contributed by atoms with van der Waals surface area (Å²) in [5.74, 6) is -1.31. The maximum absolute atomic E-state index is 13.6. The van der Waals surface area contributed by atoms with Crippen LogP contribution in [0, 0.1) is 11.2 Å². The van der Waals surface area contributed by atoms with Crippen LogP contribution in [0.2, 0.25) is 0 Å². The Balaban J connectivity index is 2.24. The van der Waals surface area contributed by atoms with Crippen molar-refractivity contribution in [3.05, 3.63) is 41.9 Å². The fraction of sp³-hybridized carbons (Fsp3) is 0.500. The van der Waals surface area contributed by atoms with Crippen molar-refractivity contribution in [1.29, 1.82) is 0 Å². The van der Waals surface area contributed by atoms with Crippen molar-refractivity contribution in [3.8, 4) is 0 Å². The van der Waals surface area contributed by atoms with Crippen molar-refractivity contribution in [1.82, 2.24) is 10.4 Å². The zero-order valence-electron chi connectivity index (χ0n) is 14.9. The third-order valence-electron chi connectivity index (χ3n) is 4.10. The molecule has 1 amide bonds. The highest BCUT2D eigenvalue weighted by Crippen LogP contribution is 2.28. The maximum atomic E-state index is 13.6. The highest BCUT2D eigenvalue weighted by Gasteiger charge is 2.48. The fourth-order valence-corrected chi connectivity index (χ4v) is 2.57. The molecule has 0 aromatic heterocycles. The molecule has 1 atom stereocenters. The first-order chi connectivity index (χ1) is 11.5. The molecular formula is C18H24F3N3O. The predicted molar refractivity (Wildman–Crippen MR) is 91.6 cm³/mol. The van der Waals surface area contributed by atoms with Crippen LogP contribution in [0.5, 0.6) is 0 Å². The highest BCUT2D eigenvalue weighted by molar-refractivity contribution is 6.00. The Morgan fingerprint density at radius 2 is 2.04 bits per heavy atom. The lowest BCUT2D eigenvalue weighted by molar-refractivity contribution is -0.127. The molecule has 0 fully saturated rings. The number of amides is 1. The molecule has 2 N–H and O–H groups in total. The molecule has 0 saturated carbocycles. The molecule has 0 aliphatic carbocycles. The number of benzene rings is 1. The van der Waals surface area contributed by atoms with Gasteiger partial charge < -0.3 is 10.3 Å². The van der Waals surface area contributed by atoms with E-state index in [2.05, 4.69) is 31.5 Å². The zero-order valence-corrected chi connectivity index (χ0v) is 14.9. The lowest BCUT2D eigenvalue weighted by Gasteiger charge is -2.28. The van der Waals surface area contributed by atoms with Crippen molar-refractivity contribution < 1.29 is 18.0 Å². The summed E-state index contributed by atoms with van der Waals surface area (Å²) in [5, 5.41) is 3.84. The summed E-state index contributed by atoms with van der Waals surface area (Å²) in [5.41, 5.74) is 1.28. The number of hydrogen-bond donors (Lipinski definition) is 2. The molecule has 138 valence electrons. The summed E-state index contributed by atoms with van der Waals surface area (Å²) >= 11 is 0. The van der Waals surface area contributed by atoms with Crippen molar-refractivity contribution in [3.63, 3.8) is 0 Å². The molecule has 0 radical (unpaired) electrons. The summed E-state index contributed by atoms with van der Waals surface area (Å²) in [6.45, 7) is 6.16. The van der Waals surface area contributed by atoms with Crippen LogP contribution in [0.1, 0.15) is 32.8 Å². The first-order valence-electron chi connectivity index (χ1n) is 8.11. The molecule has 1 aromatic carbocycles. The minimum absolute atomic E-state index is 0.0241. The van der Waals surface area contributed by atoms with E-state index in [1.54, 1.807) is 0 Å². The van der Waals surface area contributed by atoms with E-state index in [1.165, 1.54) is 36.5 Å². The Labute approximate surface area is 146 Å². The number of anilines is 1. The molecule has 1 heterocycles. The average molecular weight is 355 g/mol. The van der Waals surface area contributed by atoms with Gasteiger partial charge in [-0.3, -0.25) is 4.79 Å². The smallest absolute Gasteiger partial charge is 0.270 e. The second-order valence-corrected chi connectivity index (χ2v) is 7.52. The summed E-state index contributed by atoms with van der Waals surface area (Å²) in [7, 11) is 1.53. The van der Waals surface area contributed by atoms with Crippen LogP contribution in [0.25, 0.3) is 0 Å². The lowest BCUT2D eigenvalue weighted by Crippen LogP contribution is -2.58. The fourth-order valence-electron chi connectivity index (χ4n) is 2.57. The second-order valence-electron chi connectivity index (χ2n) is 7.52. The highest BCUT2D eigenvalue weighted by atomic mass is 19.3. The van der Waals surface area contributed by atoms with Gasteiger partial charge in [-0.1, -0.05) is 20.8 Å². The lowest BCUT2D eigenvalue weighted by atomic mass is 9.88. The quantitative estimate of drug-likeness (QED) is 0.846. The zero-order chi connectivity index (χ0) is 18.8. The largest absolute Gasteiger partial charge is 0.324 e. The van der Waals surface area contributed by atoms with E-state index in [1.807, 2.05) is 0 Å². The van der Waals surface area contributed by atoms with Gasteiger partial charge in [-0.15, -0.1) is 0 Å². The van der Waals surface area contributed by atoms with Crippen molar-refractivity contribution >= 4 is 11.6 Å². The Hall–Kier alpha value is -2.02. The van der Waals surface area contributed by atoms with Crippen LogP contribution in [0.15, 0.2) is 30.5 Å². The van der Waals surface area contributed by atoms with Gasteiger partial charge in [-0.25, -0.2) is 18.6 Å². The van der Waals surface area contributed by atoms with Gasteiger partial charge in [0.25, 0.3) is 12.3 Å². The first kappa shape index (κ1) is 19.3. The molecule has 7 heteroatoms. The number of aryl methyl sites for hydroxylation is 1. The molecule has 1 unspecified atom stereocenters. The predicted octanol–water partition coefficient (Wildman–Crippen LogP) is 3.71. The number of carbonyl (C=O) groups is 1. The first-order valence-corrected chi connectivity index (χ1v) is 8.11. The van der Waals surface area contributed by atoms with Crippen LogP contribution in [0.3, 0.4) is 0 Å². The second kappa shape index (κ2) is 7.07. The Bertz CT molecular complexity index is 670. The van der Waals surface area contributed by atoms with Crippen LogP contribution < -0.4 is 10.7 Å². The number of halogens is 3. The number of nitrogens with one attached hydrogen (secondary N) is 2. The van der Waals surface area contributed by atoms with Crippen molar-refractivity contribution in [2.45, 2.75) is 45.6 Å². The van der Waals surface area contributed by atoms with E-state index >= 15 is 0 Å². The van der Waals surface area contributed by atoms with Gasteiger partial charge in [0.05, 0.1) is 0 Å². The van der Waals surface area contributed by atoms with Crippen LogP contribution in [0.4, 0.5) is 18.9 Å². The minimum atomic E-state index is -2.94. The van der Waals surface area contributed by atoms with E-state index in [0.29, 0.717) is 17.7 Å². The molecule has 1 aliphatic rings. The third-order valence-corrected chi connectivity index (χ3v) is 4.10. The normalized spacial score (nSPS) is 20.4. The van der Waals surface area contributed by atoms with Gasteiger partial charge in [-0.05, 0) is 48.1 Å². The SMILES string of the molecule is CN1C=CC(C(=O)Nc2ccc(F)cc2CCC(C)(C)C)(C(F)F)N1. The van der Waals surface area contributed by atoms with Gasteiger partial charge in [0.2, 0.25) is 0 Å². The van der Waals surface area contributed by atoms with E-state index in [4.69, 9.17) is 0 Å². The molecular weight excluding hydrogens is 331 g/mol. The number of hydrazine groups is 1. The van der Waals surface area contributed by atoms with E-state index in [0.717, 1.165) is 12.5 Å². The Morgan fingerprint density at radius 1 is 1.36 bits per heavy atom. The average Bonchev–Trinajstić information content (AvgIpc) is 2.90. The van der Waals surface area contributed by atoms with E-state index in [9.17, 15) is 18.0 Å². The van der Waals surface area contributed by atoms with Gasteiger partial charge >= 0.3 is 0 Å². The Morgan fingerprint density at radius 3 is 2.56 bits per heavy atom. The summed E-state index contributed by atoms with van der Waals surface area (Å²) in [4.78, 5) is 12.5. The molecule has 4 nitrogen and oxygen atoms in total. The summed E-state index contributed by atoms with van der Waals surface area (Å²) in [6.07, 6.45) is 0.858. The minimum Gasteiger partial charge on any atom is -0.324 e. The van der Waals surface area contributed by atoms with Crippen LogP contribution in [-0.2, 0) is 11.2 Å². The molecule has 25 heavy (non-hydrogen) atoms. The molecule has 2 rings (SSSR count). The van der Waals surface area contributed by atoms with Crippen LogP contribution >= 0.6 is 0 Å². The number of hydrogen-bond acceptors (Lipinski definition) is 3. The third kappa shape index (κ3) is 4.54. The topological polar surface area (TPSA) is 44.4 Å². The Kier molecular flexibility index (Phi) is 5.46. The van der Waals surface area contributed by atoms with Crippen molar-refractivity contribution in [2.24, 2.45) is 5.41 Å². The molecule has 1 aromatic rings. The monoisotopic (exact) mass is 355 g/mol. The van der Waals surface area contributed by atoms with E-state index < -0.39 is 23.7 Å². The molecule has 1 aliphatic heterocycles. The van der Waals surface area contributed by atoms with Crippen LogP contribution in [-0.4, -0.2) is 29.9 Å². The standard InChI is InChI=1S/C18H24F3N3O/c1-17(2,3)8-7-12-11-13(19)5-6-14(12)22-16(25)18(15(20)21)9-10-24(4)23-18/h5-6,9-11,15,23H,7-8H2,1-4H3,(H,22,25). The van der Waals surface area contributed by atoms with Gasteiger partial charge in [0.1, 0.15) is 5.82 Å².